The molecule has 1 unspecified atom stereocenters. The summed E-state index contributed by atoms with van der Waals surface area (Å²) in [7, 11) is 0. The molecule has 0 saturated heterocycles. The molecule has 55 heavy (non-hydrogen) atoms. The van der Waals surface area contributed by atoms with Crippen LogP contribution in [-0.2, 0) is 28.6 Å². The molecule has 0 aliphatic rings. The van der Waals surface area contributed by atoms with Gasteiger partial charge in [0.15, 0.2) is 6.10 Å². The molecule has 0 N–H and O–H groups in total. The van der Waals surface area contributed by atoms with Gasteiger partial charge in [-0.25, -0.2) is 0 Å². The third-order valence-corrected chi connectivity index (χ3v) is 9.49. The van der Waals surface area contributed by atoms with E-state index in [1.807, 2.05) is 0 Å². The molecule has 0 heterocycles. The molecule has 0 aromatic heterocycles. The predicted molar refractivity (Wildman–Crippen MR) is 233 cm³/mol. The lowest BCUT2D eigenvalue weighted by Gasteiger charge is -2.18. The van der Waals surface area contributed by atoms with Gasteiger partial charge in [0, 0.05) is 19.3 Å². The Kier molecular flexibility index (Phi) is 41.5. The van der Waals surface area contributed by atoms with Crippen LogP contribution in [0.1, 0.15) is 213 Å². The Morgan fingerprint density at radius 3 is 1.20 bits per heavy atom. The van der Waals surface area contributed by atoms with E-state index < -0.39 is 6.10 Å². The summed E-state index contributed by atoms with van der Waals surface area (Å²) in [5.41, 5.74) is 0. The van der Waals surface area contributed by atoms with Crippen molar-refractivity contribution in [2.45, 2.75) is 219 Å². The minimum atomic E-state index is -0.796. The largest absolute Gasteiger partial charge is 0.462 e. The maximum absolute atomic E-state index is 12.7. The summed E-state index contributed by atoms with van der Waals surface area (Å²) in [6.07, 6.45) is 52.1. The summed E-state index contributed by atoms with van der Waals surface area (Å²) in [5, 5.41) is 0. The van der Waals surface area contributed by atoms with Gasteiger partial charge in [-0.05, 0) is 77.0 Å². The number of carbonyl (C=O) groups excluding carboxylic acids is 3. The molecular weight excluding hydrogens is 685 g/mol. The van der Waals surface area contributed by atoms with Crippen molar-refractivity contribution in [2.24, 2.45) is 0 Å². The van der Waals surface area contributed by atoms with E-state index in [0.29, 0.717) is 19.3 Å². The Labute approximate surface area is 339 Å². The van der Waals surface area contributed by atoms with Crippen LogP contribution < -0.4 is 0 Å². The van der Waals surface area contributed by atoms with Crippen LogP contribution in [0.4, 0.5) is 0 Å². The SMILES string of the molecule is CCCC/C=C\CCCCCCC(=O)OC(COC(=O)CCC/C=C\C/C=C\C/C=C\C/C=C\CCCCC)COC(=O)CCCCCCCCCCCC. The van der Waals surface area contributed by atoms with E-state index in [0.717, 1.165) is 83.5 Å². The number of rotatable bonds is 40. The molecule has 0 saturated carbocycles. The molecule has 0 spiro atoms. The summed E-state index contributed by atoms with van der Waals surface area (Å²) in [6.45, 7) is 6.48. The number of hydrogen-bond donors (Lipinski definition) is 0. The third kappa shape index (κ3) is 42.1. The van der Waals surface area contributed by atoms with E-state index in [2.05, 4.69) is 81.5 Å². The minimum Gasteiger partial charge on any atom is -0.462 e. The molecule has 0 rings (SSSR count). The first kappa shape index (κ1) is 52.1. The van der Waals surface area contributed by atoms with Gasteiger partial charge in [0.05, 0.1) is 0 Å². The normalized spacial score (nSPS) is 12.6. The van der Waals surface area contributed by atoms with Crippen molar-refractivity contribution in [1.82, 2.24) is 0 Å². The Bertz CT molecular complexity index is 1020. The molecule has 0 aromatic rings. The van der Waals surface area contributed by atoms with Gasteiger partial charge in [0.25, 0.3) is 0 Å². The van der Waals surface area contributed by atoms with E-state index >= 15 is 0 Å². The van der Waals surface area contributed by atoms with Gasteiger partial charge in [-0.1, -0.05) is 178 Å². The summed E-state index contributed by atoms with van der Waals surface area (Å²) < 4.78 is 16.6. The summed E-state index contributed by atoms with van der Waals surface area (Å²) in [4.78, 5) is 37.6. The van der Waals surface area contributed by atoms with E-state index in [1.54, 1.807) is 0 Å². The second-order valence-electron chi connectivity index (χ2n) is 15.0. The average molecular weight is 769 g/mol. The fourth-order valence-electron chi connectivity index (χ4n) is 6.00. The zero-order valence-electron chi connectivity index (χ0n) is 35.9. The molecular formula is C49H84O6. The first-order chi connectivity index (χ1) is 27.0. The van der Waals surface area contributed by atoms with Crippen molar-refractivity contribution >= 4 is 17.9 Å². The fraction of sp³-hybridized carbons (Fsp3) is 0.735. The predicted octanol–water partition coefficient (Wildman–Crippen LogP) is 14.5. The fourth-order valence-corrected chi connectivity index (χ4v) is 6.00. The van der Waals surface area contributed by atoms with E-state index in [-0.39, 0.29) is 37.5 Å². The van der Waals surface area contributed by atoms with Gasteiger partial charge in [0.1, 0.15) is 13.2 Å². The maximum atomic E-state index is 12.7. The van der Waals surface area contributed by atoms with E-state index in [1.165, 1.54) is 83.5 Å². The van der Waals surface area contributed by atoms with E-state index in [9.17, 15) is 14.4 Å². The first-order valence-electron chi connectivity index (χ1n) is 22.8. The third-order valence-electron chi connectivity index (χ3n) is 9.49. The highest BCUT2D eigenvalue weighted by Crippen LogP contribution is 2.13. The van der Waals surface area contributed by atoms with Crippen LogP contribution in [-0.4, -0.2) is 37.2 Å². The monoisotopic (exact) mass is 769 g/mol. The number of hydrogen-bond acceptors (Lipinski definition) is 6. The van der Waals surface area contributed by atoms with Crippen LogP contribution in [0.15, 0.2) is 60.8 Å². The molecule has 0 bridgehead atoms. The highest BCUT2D eigenvalue weighted by atomic mass is 16.6. The number of carbonyl (C=O) groups is 3. The number of unbranched alkanes of at least 4 members (excludes halogenated alkanes) is 19. The van der Waals surface area contributed by atoms with Gasteiger partial charge in [-0.15, -0.1) is 0 Å². The molecule has 0 amide bonds. The van der Waals surface area contributed by atoms with Crippen LogP contribution >= 0.6 is 0 Å². The van der Waals surface area contributed by atoms with Crippen molar-refractivity contribution in [1.29, 1.82) is 0 Å². The van der Waals surface area contributed by atoms with Gasteiger partial charge < -0.3 is 14.2 Å². The zero-order chi connectivity index (χ0) is 40.1. The van der Waals surface area contributed by atoms with Crippen molar-refractivity contribution in [2.75, 3.05) is 13.2 Å². The topological polar surface area (TPSA) is 78.9 Å². The van der Waals surface area contributed by atoms with Crippen molar-refractivity contribution in [3.05, 3.63) is 60.8 Å². The van der Waals surface area contributed by atoms with Crippen LogP contribution in [0.3, 0.4) is 0 Å². The Morgan fingerprint density at radius 2 is 0.691 bits per heavy atom. The summed E-state index contributed by atoms with van der Waals surface area (Å²) in [5.74, 6) is -0.973. The lowest BCUT2D eigenvalue weighted by Crippen LogP contribution is -2.30. The van der Waals surface area contributed by atoms with Crippen LogP contribution in [0, 0.1) is 0 Å². The summed E-state index contributed by atoms with van der Waals surface area (Å²) >= 11 is 0. The lowest BCUT2D eigenvalue weighted by molar-refractivity contribution is -0.167. The molecule has 0 radical (unpaired) electrons. The lowest BCUT2D eigenvalue weighted by atomic mass is 10.1. The van der Waals surface area contributed by atoms with Gasteiger partial charge in [-0.2, -0.15) is 0 Å². The molecule has 1 atom stereocenters. The molecule has 0 fully saturated rings. The summed E-state index contributed by atoms with van der Waals surface area (Å²) in [6, 6.07) is 0. The van der Waals surface area contributed by atoms with Gasteiger partial charge in [-0.3, -0.25) is 14.4 Å². The first-order valence-corrected chi connectivity index (χ1v) is 22.8. The molecule has 316 valence electrons. The van der Waals surface area contributed by atoms with Crippen LogP contribution in [0.5, 0.6) is 0 Å². The smallest absolute Gasteiger partial charge is 0.306 e. The average Bonchev–Trinajstić information content (AvgIpc) is 3.18. The zero-order valence-corrected chi connectivity index (χ0v) is 35.9. The van der Waals surface area contributed by atoms with Crippen LogP contribution in [0.2, 0.25) is 0 Å². The number of esters is 3. The molecule has 0 aliphatic carbocycles. The Hall–Kier alpha value is -2.89. The maximum Gasteiger partial charge on any atom is 0.306 e. The number of ether oxygens (including phenoxy) is 3. The van der Waals surface area contributed by atoms with Gasteiger partial charge in [0.2, 0.25) is 0 Å². The van der Waals surface area contributed by atoms with Crippen LogP contribution in [0.25, 0.3) is 0 Å². The Morgan fingerprint density at radius 1 is 0.364 bits per heavy atom. The quantitative estimate of drug-likeness (QED) is 0.0267. The van der Waals surface area contributed by atoms with Crippen molar-refractivity contribution in [3.63, 3.8) is 0 Å². The second kappa shape index (κ2) is 43.8. The van der Waals surface area contributed by atoms with Gasteiger partial charge >= 0.3 is 17.9 Å². The Balaban J connectivity index is 4.44. The van der Waals surface area contributed by atoms with E-state index in [4.69, 9.17) is 14.2 Å². The second-order valence-corrected chi connectivity index (χ2v) is 15.0. The highest BCUT2D eigenvalue weighted by molar-refractivity contribution is 5.71. The van der Waals surface area contributed by atoms with Crippen molar-refractivity contribution < 1.29 is 28.6 Å². The molecule has 6 heteroatoms. The standard InChI is InChI=1S/C49H84O6/c1-4-7-10-13-16-19-22-23-24-25-26-27-28-31-33-36-39-42-48(51)54-45-46(55-49(52)43-40-37-34-30-21-18-15-12-9-6-3)44-53-47(50)41-38-35-32-29-20-17-14-11-8-5-2/h15-16,18-19,23-24,26-27,31,33,46H,4-14,17,20-22,25,28-30,32,34-45H2,1-3H3/b18-15-,19-16-,24-23-,27-26-,33-31-. The molecule has 0 aliphatic heterocycles. The molecule has 6 nitrogen and oxygen atoms in total. The molecule has 0 aromatic carbocycles. The minimum absolute atomic E-state index is 0.0950. The highest BCUT2D eigenvalue weighted by Gasteiger charge is 2.19. The van der Waals surface area contributed by atoms with Crippen molar-refractivity contribution in [3.8, 4) is 0 Å². The number of allylic oxidation sites excluding steroid dienone is 10.